The molecule has 0 radical (unpaired) electrons. The zero-order chi connectivity index (χ0) is 16.7. The Balaban J connectivity index is 1.59. The van der Waals surface area contributed by atoms with Gasteiger partial charge in [0.25, 0.3) is 5.56 Å². The lowest BCUT2D eigenvalue weighted by Gasteiger charge is -2.09. The fraction of sp³-hybridized carbons (Fsp3) is 0.158. The number of para-hydroxylation sites is 1. The van der Waals surface area contributed by atoms with Crippen LogP contribution in [0.1, 0.15) is 17.9 Å². The van der Waals surface area contributed by atoms with Gasteiger partial charge in [-0.3, -0.25) is 9.59 Å². The molecule has 0 aliphatic heterocycles. The van der Waals surface area contributed by atoms with Crippen molar-refractivity contribution >= 4 is 22.5 Å². The highest BCUT2D eigenvalue weighted by Crippen LogP contribution is 2.48. The molecule has 120 valence electrons. The van der Waals surface area contributed by atoms with Gasteiger partial charge in [0.05, 0.1) is 5.52 Å². The van der Waals surface area contributed by atoms with Crippen LogP contribution in [0.3, 0.4) is 0 Å². The molecular weight excluding hydrogens is 304 g/mol. The molecule has 0 saturated heterocycles. The Morgan fingerprint density at radius 1 is 1.08 bits per heavy atom. The van der Waals surface area contributed by atoms with Crippen LogP contribution in [0.5, 0.6) is 5.75 Å². The van der Waals surface area contributed by atoms with Gasteiger partial charge in [-0.1, -0.05) is 42.5 Å². The van der Waals surface area contributed by atoms with Gasteiger partial charge in [0.15, 0.2) is 5.75 Å². The van der Waals surface area contributed by atoms with Gasteiger partial charge in [-0.2, -0.15) is 0 Å². The van der Waals surface area contributed by atoms with Gasteiger partial charge in [0, 0.05) is 11.3 Å². The van der Waals surface area contributed by atoms with Crippen LogP contribution >= 0.6 is 0 Å². The number of amides is 1. The van der Waals surface area contributed by atoms with Gasteiger partial charge in [-0.15, -0.1) is 0 Å². The van der Waals surface area contributed by atoms with Crippen molar-refractivity contribution in [3.8, 4) is 5.75 Å². The van der Waals surface area contributed by atoms with E-state index in [-0.39, 0.29) is 29.2 Å². The molecule has 0 unspecified atom stereocenters. The van der Waals surface area contributed by atoms with Crippen molar-refractivity contribution in [3.63, 3.8) is 0 Å². The molecule has 0 spiro atoms. The molecular formula is C19H16N2O3. The van der Waals surface area contributed by atoms with E-state index in [2.05, 4.69) is 10.3 Å². The summed E-state index contributed by atoms with van der Waals surface area (Å²) in [6.07, 6.45) is 0.752. The molecule has 5 heteroatoms. The maximum Gasteiger partial charge on any atom is 0.276 e. The topological polar surface area (TPSA) is 82.2 Å². The predicted octanol–water partition coefficient (Wildman–Crippen LogP) is 2.98. The number of nitrogens with one attached hydrogen (secondary N) is 2. The Morgan fingerprint density at radius 2 is 1.79 bits per heavy atom. The minimum atomic E-state index is -0.503. The van der Waals surface area contributed by atoms with Gasteiger partial charge in [0.1, 0.15) is 5.69 Å². The van der Waals surface area contributed by atoms with Gasteiger partial charge in [-0.25, -0.2) is 0 Å². The molecule has 1 saturated carbocycles. The number of fused-ring (bicyclic) bond motifs is 1. The highest BCUT2D eigenvalue weighted by molar-refractivity contribution is 5.99. The molecule has 1 aliphatic rings. The number of hydrogen-bond donors (Lipinski definition) is 3. The normalized spacial score (nSPS) is 19.2. The highest BCUT2D eigenvalue weighted by atomic mass is 16.3. The number of anilines is 1. The Hall–Kier alpha value is -3.08. The molecule has 1 heterocycles. The van der Waals surface area contributed by atoms with Crippen LogP contribution in [0.15, 0.2) is 59.4 Å². The van der Waals surface area contributed by atoms with Crippen LogP contribution < -0.4 is 10.9 Å². The zero-order valence-corrected chi connectivity index (χ0v) is 12.8. The van der Waals surface area contributed by atoms with Crippen LogP contribution in [0.25, 0.3) is 10.9 Å². The number of pyridine rings is 1. The zero-order valence-electron chi connectivity index (χ0n) is 12.8. The van der Waals surface area contributed by atoms with E-state index >= 15 is 0 Å². The summed E-state index contributed by atoms with van der Waals surface area (Å²) in [5.74, 6) is -0.426. The van der Waals surface area contributed by atoms with Crippen LogP contribution in [0.4, 0.5) is 5.69 Å². The molecule has 4 rings (SSSR count). The van der Waals surface area contributed by atoms with E-state index in [4.69, 9.17) is 0 Å². The van der Waals surface area contributed by atoms with E-state index in [0.29, 0.717) is 10.9 Å². The van der Waals surface area contributed by atoms with E-state index in [9.17, 15) is 14.7 Å². The number of aromatic amines is 1. The minimum Gasteiger partial charge on any atom is -0.505 e. The first-order valence-corrected chi connectivity index (χ1v) is 7.85. The number of carbonyl (C=O) groups excluding carboxylic acids is 1. The fourth-order valence-corrected chi connectivity index (χ4v) is 3.11. The SMILES string of the molecule is O=C(Nc1c(O)c2ccccc2[nH]c1=O)[C@H]1C[C@@H]1c1ccccc1. The molecule has 0 bridgehead atoms. The summed E-state index contributed by atoms with van der Waals surface area (Å²) in [7, 11) is 0. The fourth-order valence-electron chi connectivity index (χ4n) is 3.11. The largest absolute Gasteiger partial charge is 0.505 e. The second-order valence-electron chi connectivity index (χ2n) is 6.07. The van der Waals surface area contributed by atoms with Gasteiger partial charge in [0.2, 0.25) is 5.91 Å². The number of rotatable bonds is 3. The lowest BCUT2D eigenvalue weighted by atomic mass is 10.1. The van der Waals surface area contributed by atoms with Crippen molar-refractivity contribution in [3.05, 3.63) is 70.5 Å². The van der Waals surface area contributed by atoms with Gasteiger partial charge >= 0.3 is 0 Å². The van der Waals surface area contributed by atoms with Crippen molar-refractivity contribution < 1.29 is 9.90 Å². The number of aromatic hydroxyl groups is 1. The van der Waals surface area contributed by atoms with Gasteiger partial charge < -0.3 is 15.4 Å². The van der Waals surface area contributed by atoms with Crippen molar-refractivity contribution in [1.82, 2.24) is 4.98 Å². The second-order valence-corrected chi connectivity index (χ2v) is 6.07. The van der Waals surface area contributed by atoms with Crippen LogP contribution in [-0.4, -0.2) is 16.0 Å². The second kappa shape index (κ2) is 5.53. The average molecular weight is 320 g/mol. The Bertz CT molecular complexity index is 979. The predicted molar refractivity (Wildman–Crippen MR) is 92.2 cm³/mol. The van der Waals surface area contributed by atoms with Crippen molar-refractivity contribution in [2.24, 2.45) is 5.92 Å². The molecule has 2 aromatic carbocycles. The standard InChI is InChI=1S/C19H16N2O3/c22-17-12-8-4-5-9-15(12)20-19(24)16(17)21-18(23)14-10-13(14)11-6-2-1-3-7-11/h1-9,13-14H,10H2,(H,21,23)(H2,20,22,24)/t13-,14+/m1/s1. The third kappa shape index (κ3) is 2.44. The van der Waals surface area contributed by atoms with E-state index < -0.39 is 5.56 Å². The first-order chi connectivity index (χ1) is 11.6. The third-order valence-electron chi connectivity index (χ3n) is 4.50. The summed E-state index contributed by atoms with van der Waals surface area (Å²) in [6, 6.07) is 16.8. The molecule has 24 heavy (non-hydrogen) atoms. The quantitative estimate of drug-likeness (QED) is 0.694. The molecule has 1 amide bonds. The van der Waals surface area contributed by atoms with Crippen LogP contribution in [0, 0.1) is 5.92 Å². The first-order valence-electron chi connectivity index (χ1n) is 7.85. The monoisotopic (exact) mass is 320 g/mol. The van der Waals surface area contributed by atoms with E-state index in [1.165, 1.54) is 0 Å². The average Bonchev–Trinajstić information content (AvgIpc) is 3.40. The summed E-state index contributed by atoms with van der Waals surface area (Å²) in [4.78, 5) is 27.3. The summed E-state index contributed by atoms with van der Waals surface area (Å²) in [5, 5.41) is 13.4. The number of aromatic nitrogens is 1. The van der Waals surface area contributed by atoms with E-state index in [0.717, 1.165) is 12.0 Å². The van der Waals surface area contributed by atoms with Crippen molar-refractivity contribution in [2.45, 2.75) is 12.3 Å². The first kappa shape index (κ1) is 14.5. The van der Waals surface area contributed by atoms with Crippen LogP contribution in [-0.2, 0) is 4.79 Å². The van der Waals surface area contributed by atoms with Crippen molar-refractivity contribution in [2.75, 3.05) is 5.32 Å². The van der Waals surface area contributed by atoms with Gasteiger partial charge in [-0.05, 0) is 30.0 Å². The summed E-state index contributed by atoms with van der Waals surface area (Å²) in [5.41, 5.74) is 1.06. The minimum absolute atomic E-state index is 0.0857. The Morgan fingerprint density at radius 3 is 2.58 bits per heavy atom. The summed E-state index contributed by atoms with van der Waals surface area (Å²) >= 11 is 0. The summed E-state index contributed by atoms with van der Waals surface area (Å²) in [6.45, 7) is 0. The lowest BCUT2D eigenvalue weighted by molar-refractivity contribution is -0.117. The Kier molecular flexibility index (Phi) is 3.34. The molecule has 5 nitrogen and oxygen atoms in total. The highest BCUT2D eigenvalue weighted by Gasteiger charge is 2.44. The smallest absolute Gasteiger partial charge is 0.276 e. The number of carbonyl (C=O) groups is 1. The Labute approximate surface area is 138 Å². The third-order valence-corrected chi connectivity index (χ3v) is 4.50. The maximum absolute atomic E-state index is 12.4. The number of hydrogen-bond acceptors (Lipinski definition) is 3. The molecule has 3 aromatic rings. The summed E-state index contributed by atoms with van der Waals surface area (Å²) < 4.78 is 0. The number of H-pyrrole nitrogens is 1. The van der Waals surface area contributed by atoms with Crippen molar-refractivity contribution in [1.29, 1.82) is 0 Å². The van der Waals surface area contributed by atoms with E-state index in [1.807, 2.05) is 30.3 Å². The number of benzene rings is 2. The molecule has 1 aromatic heterocycles. The molecule has 2 atom stereocenters. The van der Waals surface area contributed by atoms with Crippen LogP contribution in [0.2, 0.25) is 0 Å². The molecule has 1 fully saturated rings. The van der Waals surface area contributed by atoms with E-state index in [1.54, 1.807) is 24.3 Å². The molecule has 3 N–H and O–H groups in total. The lowest BCUT2D eigenvalue weighted by Crippen LogP contribution is -2.21. The molecule has 1 aliphatic carbocycles. The maximum atomic E-state index is 12.4.